The Bertz CT molecular complexity index is 440. The van der Waals surface area contributed by atoms with Crippen LogP contribution < -0.4 is 10.9 Å². The Hall–Kier alpha value is -1.62. The van der Waals surface area contributed by atoms with E-state index in [1.807, 2.05) is 6.92 Å². The molecule has 1 amide bonds. The second kappa shape index (κ2) is 6.20. The van der Waals surface area contributed by atoms with E-state index in [0.717, 1.165) is 6.42 Å². The average Bonchev–Trinajstić information content (AvgIpc) is 2.26. The van der Waals surface area contributed by atoms with Crippen LogP contribution in [0.15, 0.2) is 16.9 Å². The summed E-state index contributed by atoms with van der Waals surface area (Å²) < 4.78 is 0. The van der Waals surface area contributed by atoms with Gasteiger partial charge in [-0.25, -0.2) is 0 Å². The lowest BCUT2D eigenvalue weighted by atomic mass is 10.2. The first kappa shape index (κ1) is 13.4. The SMILES string of the molecule is CCCC(O)CNC(=O)c1ccc(C)[nH]c1=O. The molecule has 0 aromatic carbocycles. The Morgan fingerprint density at radius 3 is 2.82 bits per heavy atom. The molecule has 1 atom stereocenters. The molecule has 1 unspecified atom stereocenters. The molecule has 5 heteroatoms. The van der Waals surface area contributed by atoms with Crippen LogP contribution in [-0.4, -0.2) is 28.6 Å². The summed E-state index contributed by atoms with van der Waals surface area (Å²) in [6.07, 6.45) is 0.917. The number of nitrogens with one attached hydrogen (secondary N) is 2. The fraction of sp³-hybridized carbons (Fsp3) is 0.500. The first-order valence-electron chi connectivity index (χ1n) is 5.70. The van der Waals surface area contributed by atoms with Crippen LogP contribution in [0.1, 0.15) is 35.8 Å². The maximum atomic E-state index is 11.6. The summed E-state index contributed by atoms with van der Waals surface area (Å²) in [5, 5.41) is 12.0. The van der Waals surface area contributed by atoms with E-state index in [2.05, 4.69) is 10.3 Å². The highest BCUT2D eigenvalue weighted by atomic mass is 16.3. The molecule has 3 N–H and O–H groups in total. The van der Waals surface area contributed by atoms with Crippen LogP contribution in [0.3, 0.4) is 0 Å². The van der Waals surface area contributed by atoms with Crippen molar-refractivity contribution in [1.29, 1.82) is 0 Å². The highest BCUT2D eigenvalue weighted by molar-refractivity contribution is 5.93. The molecule has 5 nitrogen and oxygen atoms in total. The molecule has 1 heterocycles. The van der Waals surface area contributed by atoms with E-state index in [1.54, 1.807) is 13.0 Å². The van der Waals surface area contributed by atoms with E-state index in [1.165, 1.54) is 6.07 Å². The number of carbonyl (C=O) groups excluding carboxylic acids is 1. The standard InChI is InChI=1S/C12H18N2O3/c1-3-4-9(15)7-13-11(16)10-6-5-8(2)14-12(10)17/h5-6,9,15H,3-4,7H2,1-2H3,(H,13,16)(H,14,17). The fourth-order valence-corrected chi connectivity index (χ4v) is 1.49. The molecule has 0 bridgehead atoms. The van der Waals surface area contributed by atoms with Gasteiger partial charge in [0.15, 0.2) is 0 Å². The second-order valence-electron chi connectivity index (χ2n) is 4.04. The van der Waals surface area contributed by atoms with Crippen LogP contribution in [0.2, 0.25) is 0 Å². The summed E-state index contributed by atoms with van der Waals surface area (Å²) in [6, 6.07) is 3.15. The molecule has 0 aliphatic heterocycles. The lowest BCUT2D eigenvalue weighted by Crippen LogP contribution is -2.35. The summed E-state index contributed by atoms with van der Waals surface area (Å²) in [7, 11) is 0. The van der Waals surface area contributed by atoms with Gasteiger partial charge < -0.3 is 15.4 Å². The first-order valence-corrected chi connectivity index (χ1v) is 5.70. The maximum absolute atomic E-state index is 11.6. The predicted octanol–water partition coefficient (Wildman–Crippen LogP) is 0.574. The molecule has 0 fully saturated rings. The number of carbonyl (C=O) groups is 1. The number of aromatic nitrogens is 1. The third-order valence-corrected chi connectivity index (χ3v) is 2.42. The summed E-state index contributed by atoms with van der Waals surface area (Å²) in [4.78, 5) is 25.7. The van der Waals surface area contributed by atoms with Gasteiger partial charge in [0.05, 0.1) is 6.10 Å². The molecule has 1 aromatic heterocycles. The smallest absolute Gasteiger partial charge is 0.260 e. The number of aromatic amines is 1. The number of aliphatic hydroxyl groups excluding tert-OH is 1. The summed E-state index contributed by atoms with van der Waals surface area (Å²) in [6.45, 7) is 3.86. The Morgan fingerprint density at radius 2 is 2.24 bits per heavy atom. The number of amides is 1. The molecule has 0 aliphatic rings. The van der Waals surface area contributed by atoms with Crippen LogP contribution in [-0.2, 0) is 0 Å². The third-order valence-electron chi connectivity index (χ3n) is 2.42. The van der Waals surface area contributed by atoms with E-state index in [9.17, 15) is 14.7 Å². The van der Waals surface area contributed by atoms with Crippen LogP contribution in [0, 0.1) is 6.92 Å². The molecule has 0 saturated carbocycles. The largest absolute Gasteiger partial charge is 0.391 e. The van der Waals surface area contributed by atoms with Crippen molar-refractivity contribution in [2.45, 2.75) is 32.8 Å². The van der Waals surface area contributed by atoms with Gasteiger partial charge >= 0.3 is 0 Å². The minimum absolute atomic E-state index is 0.0688. The minimum atomic E-state index is -0.562. The van der Waals surface area contributed by atoms with E-state index < -0.39 is 17.6 Å². The van der Waals surface area contributed by atoms with Gasteiger partial charge in [-0.1, -0.05) is 13.3 Å². The molecule has 17 heavy (non-hydrogen) atoms. The normalized spacial score (nSPS) is 12.2. The zero-order chi connectivity index (χ0) is 12.8. The Balaban J connectivity index is 2.61. The first-order chi connectivity index (χ1) is 8.04. The van der Waals surface area contributed by atoms with Crippen molar-refractivity contribution in [1.82, 2.24) is 10.3 Å². The third kappa shape index (κ3) is 4.03. The quantitative estimate of drug-likeness (QED) is 0.701. The number of rotatable bonds is 5. The number of hydrogen-bond acceptors (Lipinski definition) is 3. The summed E-state index contributed by atoms with van der Waals surface area (Å²) in [5.74, 6) is -0.457. The molecule has 0 saturated heterocycles. The number of H-pyrrole nitrogens is 1. The lowest BCUT2D eigenvalue weighted by molar-refractivity contribution is 0.0908. The van der Waals surface area contributed by atoms with Crippen molar-refractivity contribution in [3.8, 4) is 0 Å². The highest BCUT2D eigenvalue weighted by Crippen LogP contribution is 1.96. The van der Waals surface area contributed by atoms with Gasteiger partial charge in [-0.3, -0.25) is 9.59 Å². The van der Waals surface area contributed by atoms with Crippen LogP contribution >= 0.6 is 0 Å². The van der Waals surface area contributed by atoms with E-state index in [4.69, 9.17) is 0 Å². The number of aliphatic hydroxyl groups is 1. The lowest BCUT2D eigenvalue weighted by Gasteiger charge is -2.10. The van der Waals surface area contributed by atoms with E-state index >= 15 is 0 Å². The van der Waals surface area contributed by atoms with Crippen molar-refractivity contribution in [2.75, 3.05) is 6.54 Å². The van der Waals surface area contributed by atoms with Crippen molar-refractivity contribution in [3.05, 3.63) is 33.7 Å². The molecular weight excluding hydrogens is 220 g/mol. The predicted molar refractivity (Wildman–Crippen MR) is 65.0 cm³/mol. The second-order valence-corrected chi connectivity index (χ2v) is 4.04. The molecule has 1 rings (SSSR count). The minimum Gasteiger partial charge on any atom is -0.391 e. The van der Waals surface area contributed by atoms with Crippen molar-refractivity contribution >= 4 is 5.91 Å². The number of pyridine rings is 1. The molecule has 94 valence electrons. The van der Waals surface area contributed by atoms with Crippen molar-refractivity contribution in [2.24, 2.45) is 0 Å². The number of aryl methyl sites for hydroxylation is 1. The average molecular weight is 238 g/mol. The Labute approximate surface area is 99.9 Å². The van der Waals surface area contributed by atoms with Gasteiger partial charge in [0.2, 0.25) is 0 Å². The van der Waals surface area contributed by atoms with Crippen LogP contribution in [0.25, 0.3) is 0 Å². The van der Waals surface area contributed by atoms with E-state index in [0.29, 0.717) is 12.1 Å². The fourth-order valence-electron chi connectivity index (χ4n) is 1.49. The highest BCUT2D eigenvalue weighted by Gasteiger charge is 2.11. The molecular formula is C12H18N2O3. The van der Waals surface area contributed by atoms with E-state index in [-0.39, 0.29) is 12.1 Å². The summed E-state index contributed by atoms with van der Waals surface area (Å²) in [5.41, 5.74) is 0.365. The Morgan fingerprint density at radius 1 is 1.53 bits per heavy atom. The Kier molecular flexibility index (Phi) is 4.90. The monoisotopic (exact) mass is 238 g/mol. The van der Waals surface area contributed by atoms with Crippen molar-refractivity contribution < 1.29 is 9.90 Å². The van der Waals surface area contributed by atoms with Crippen LogP contribution in [0.4, 0.5) is 0 Å². The van der Waals surface area contributed by atoms with Gasteiger partial charge in [-0.15, -0.1) is 0 Å². The molecule has 0 aliphatic carbocycles. The van der Waals surface area contributed by atoms with Gasteiger partial charge in [-0.05, 0) is 25.5 Å². The zero-order valence-electron chi connectivity index (χ0n) is 10.1. The maximum Gasteiger partial charge on any atom is 0.260 e. The van der Waals surface area contributed by atoms with Crippen LogP contribution in [0.5, 0.6) is 0 Å². The van der Waals surface area contributed by atoms with Gasteiger partial charge in [-0.2, -0.15) is 0 Å². The molecule has 0 radical (unpaired) electrons. The summed E-state index contributed by atoms with van der Waals surface area (Å²) >= 11 is 0. The molecule has 1 aromatic rings. The van der Waals surface area contributed by atoms with Crippen molar-refractivity contribution in [3.63, 3.8) is 0 Å². The molecule has 0 spiro atoms. The zero-order valence-corrected chi connectivity index (χ0v) is 10.1. The van der Waals surface area contributed by atoms with Gasteiger partial charge in [0.1, 0.15) is 5.56 Å². The van der Waals surface area contributed by atoms with Gasteiger partial charge in [0.25, 0.3) is 11.5 Å². The number of hydrogen-bond donors (Lipinski definition) is 3. The topological polar surface area (TPSA) is 82.2 Å². The van der Waals surface area contributed by atoms with Gasteiger partial charge in [0, 0.05) is 12.2 Å².